The molecule has 12 heteroatoms. The van der Waals surface area contributed by atoms with Crippen LogP contribution in [0.5, 0.6) is 0 Å². The van der Waals surface area contributed by atoms with Crippen LogP contribution in [0.25, 0.3) is 11.4 Å². The Balaban J connectivity index is 1.25. The smallest absolute Gasteiger partial charge is 0.341 e. The molecule has 1 saturated heterocycles. The van der Waals surface area contributed by atoms with Crippen molar-refractivity contribution in [2.75, 3.05) is 31.1 Å². The molecule has 0 radical (unpaired) electrons. The summed E-state index contributed by atoms with van der Waals surface area (Å²) in [4.78, 5) is 36.4. The van der Waals surface area contributed by atoms with Crippen molar-refractivity contribution in [3.63, 3.8) is 0 Å². The van der Waals surface area contributed by atoms with Crippen LogP contribution in [0.2, 0.25) is 0 Å². The minimum atomic E-state index is -0.620. The topological polar surface area (TPSA) is 126 Å². The van der Waals surface area contributed by atoms with Crippen molar-refractivity contribution >= 4 is 24.1 Å². The Morgan fingerprint density at radius 2 is 1.86 bits per heavy atom. The molecular weight excluding hydrogens is 453 g/mol. The molecule has 4 heterocycles. The SMILES string of the molecule is NC(=O)Cn1ccc(-c2nc(N3CCN(C(=O)N4N=CCC4c4ccccc4)CC3)ncc2F)n1. The van der Waals surface area contributed by atoms with Gasteiger partial charge in [-0.15, -0.1) is 0 Å². The van der Waals surface area contributed by atoms with Crippen molar-refractivity contribution in [1.29, 1.82) is 0 Å². The molecule has 2 aliphatic rings. The fourth-order valence-electron chi connectivity index (χ4n) is 4.22. The van der Waals surface area contributed by atoms with Crippen molar-refractivity contribution in [2.45, 2.75) is 19.0 Å². The summed E-state index contributed by atoms with van der Waals surface area (Å²) in [6.45, 7) is 1.77. The van der Waals surface area contributed by atoms with Crippen molar-refractivity contribution in [1.82, 2.24) is 29.7 Å². The van der Waals surface area contributed by atoms with Crippen LogP contribution in [-0.2, 0) is 11.3 Å². The third kappa shape index (κ3) is 4.67. The van der Waals surface area contributed by atoms with Gasteiger partial charge in [0.2, 0.25) is 11.9 Å². The number of nitrogens with zero attached hydrogens (tertiary/aromatic N) is 8. The number of nitrogens with two attached hydrogens (primary N) is 1. The van der Waals surface area contributed by atoms with E-state index in [0.717, 1.165) is 11.8 Å². The minimum absolute atomic E-state index is 0.0360. The third-order valence-corrected chi connectivity index (χ3v) is 5.98. The van der Waals surface area contributed by atoms with E-state index in [-0.39, 0.29) is 30.0 Å². The maximum atomic E-state index is 14.5. The summed E-state index contributed by atoms with van der Waals surface area (Å²) in [5, 5.41) is 10.0. The van der Waals surface area contributed by atoms with Crippen molar-refractivity contribution in [3.05, 3.63) is 60.2 Å². The highest BCUT2D eigenvalue weighted by atomic mass is 19.1. The molecule has 2 N–H and O–H groups in total. The lowest BCUT2D eigenvalue weighted by Crippen LogP contribution is -2.52. The summed E-state index contributed by atoms with van der Waals surface area (Å²) in [7, 11) is 0. The van der Waals surface area contributed by atoms with Crippen LogP contribution in [0, 0.1) is 5.82 Å². The molecule has 3 amide bonds. The highest BCUT2D eigenvalue weighted by Gasteiger charge is 2.33. The zero-order chi connectivity index (χ0) is 24.4. The van der Waals surface area contributed by atoms with Gasteiger partial charge >= 0.3 is 6.03 Å². The minimum Gasteiger partial charge on any atom is -0.368 e. The summed E-state index contributed by atoms with van der Waals surface area (Å²) in [5.41, 5.74) is 6.55. The number of benzene rings is 1. The molecule has 35 heavy (non-hydrogen) atoms. The van der Waals surface area contributed by atoms with Crippen LogP contribution < -0.4 is 10.6 Å². The van der Waals surface area contributed by atoms with Gasteiger partial charge in [0, 0.05) is 45.0 Å². The zero-order valence-corrected chi connectivity index (χ0v) is 18.9. The Kier molecular flexibility index (Phi) is 6.08. The first-order chi connectivity index (χ1) is 17.0. The second-order valence-electron chi connectivity index (χ2n) is 8.29. The number of carbonyl (C=O) groups is 2. The van der Waals surface area contributed by atoms with Crippen LogP contribution in [-0.4, -0.2) is 74.0 Å². The zero-order valence-electron chi connectivity index (χ0n) is 18.9. The van der Waals surface area contributed by atoms with E-state index >= 15 is 0 Å². The quantitative estimate of drug-likeness (QED) is 0.595. The fraction of sp³-hybridized carbons (Fsp3) is 0.304. The van der Waals surface area contributed by atoms with E-state index in [1.807, 2.05) is 35.2 Å². The van der Waals surface area contributed by atoms with Crippen molar-refractivity contribution in [3.8, 4) is 11.4 Å². The highest BCUT2D eigenvalue weighted by Crippen LogP contribution is 2.29. The second-order valence-corrected chi connectivity index (χ2v) is 8.29. The molecule has 2 aromatic heterocycles. The van der Waals surface area contributed by atoms with Crippen molar-refractivity contribution in [2.24, 2.45) is 10.8 Å². The predicted molar refractivity (Wildman–Crippen MR) is 126 cm³/mol. The molecule has 1 aromatic carbocycles. The predicted octanol–water partition coefficient (Wildman–Crippen LogP) is 1.64. The van der Waals surface area contributed by atoms with Gasteiger partial charge in [0.15, 0.2) is 5.82 Å². The number of amides is 3. The van der Waals surface area contributed by atoms with Gasteiger partial charge in [0.1, 0.15) is 17.9 Å². The lowest BCUT2D eigenvalue weighted by atomic mass is 10.1. The molecule has 1 unspecified atom stereocenters. The van der Waals surface area contributed by atoms with Gasteiger partial charge < -0.3 is 15.5 Å². The summed E-state index contributed by atoms with van der Waals surface area (Å²) in [6.07, 6.45) is 5.09. The lowest BCUT2D eigenvalue weighted by Gasteiger charge is -2.37. The Labute approximate surface area is 200 Å². The molecule has 0 bridgehead atoms. The van der Waals surface area contributed by atoms with Gasteiger partial charge in [0.05, 0.1) is 12.2 Å². The molecule has 1 atom stereocenters. The number of halogens is 1. The van der Waals surface area contributed by atoms with E-state index in [0.29, 0.717) is 38.5 Å². The molecular formula is C23H24FN9O2. The molecule has 3 aromatic rings. The number of hydrazone groups is 1. The number of rotatable bonds is 5. The second kappa shape index (κ2) is 9.49. The normalized spacial score (nSPS) is 17.7. The van der Waals surface area contributed by atoms with Crippen LogP contribution in [0.1, 0.15) is 18.0 Å². The summed E-state index contributed by atoms with van der Waals surface area (Å²) in [5.74, 6) is -0.823. The highest BCUT2D eigenvalue weighted by molar-refractivity contribution is 5.78. The van der Waals surface area contributed by atoms with Gasteiger partial charge in [-0.25, -0.2) is 24.2 Å². The third-order valence-electron chi connectivity index (χ3n) is 5.98. The largest absolute Gasteiger partial charge is 0.368 e. The van der Waals surface area contributed by atoms with Gasteiger partial charge in [0.25, 0.3) is 0 Å². The Bertz CT molecular complexity index is 1250. The van der Waals surface area contributed by atoms with Gasteiger partial charge in [-0.2, -0.15) is 10.2 Å². The number of piperazine rings is 1. The first kappa shape index (κ1) is 22.4. The number of hydrogen-bond donors (Lipinski definition) is 1. The van der Waals surface area contributed by atoms with Gasteiger partial charge in [-0.3, -0.25) is 9.48 Å². The van der Waals surface area contributed by atoms with Crippen LogP contribution in [0.4, 0.5) is 15.1 Å². The standard InChI is InChI=1S/C23H24FN9O2/c24-17-14-26-22(28-21(17)18-7-9-32(29-18)15-20(25)34)30-10-12-31(13-11-30)23(35)33-19(6-8-27-33)16-4-2-1-3-5-16/h1-5,7-9,14,19H,6,10-13,15H2,(H2,25,34). The van der Waals surface area contributed by atoms with Crippen LogP contribution >= 0.6 is 0 Å². The number of anilines is 1. The maximum absolute atomic E-state index is 14.5. The molecule has 1 fully saturated rings. The molecule has 0 spiro atoms. The first-order valence-electron chi connectivity index (χ1n) is 11.2. The number of hydrogen-bond acceptors (Lipinski definition) is 7. The summed E-state index contributed by atoms with van der Waals surface area (Å²) >= 11 is 0. The lowest BCUT2D eigenvalue weighted by molar-refractivity contribution is -0.118. The van der Waals surface area contributed by atoms with E-state index in [4.69, 9.17) is 5.73 Å². The van der Waals surface area contributed by atoms with Gasteiger partial charge in [-0.05, 0) is 11.6 Å². The Morgan fingerprint density at radius 1 is 1.09 bits per heavy atom. The average Bonchev–Trinajstić information content (AvgIpc) is 3.54. The molecule has 180 valence electrons. The molecule has 5 rings (SSSR count). The Morgan fingerprint density at radius 3 is 2.60 bits per heavy atom. The molecule has 2 aliphatic heterocycles. The van der Waals surface area contributed by atoms with E-state index < -0.39 is 11.7 Å². The number of primary amides is 1. The van der Waals surface area contributed by atoms with E-state index in [1.54, 1.807) is 22.2 Å². The average molecular weight is 478 g/mol. The van der Waals surface area contributed by atoms with E-state index in [1.165, 1.54) is 10.9 Å². The van der Waals surface area contributed by atoms with E-state index in [2.05, 4.69) is 20.2 Å². The summed E-state index contributed by atoms with van der Waals surface area (Å²) in [6, 6.07) is 11.2. The molecule has 0 saturated carbocycles. The summed E-state index contributed by atoms with van der Waals surface area (Å²) < 4.78 is 15.8. The van der Waals surface area contributed by atoms with E-state index in [9.17, 15) is 14.0 Å². The first-order valence-corrected chi connectivity index (χ1v) is 11.2. The fourth-order valence-corrected chi connectivity index (χ4v) is 4.22. The monoisotopic (exact) mass is 477 g/mol. The molecule has 11 nitrogen and oxygen atoms in total. The molecule has 0 aliphatic carbocycles. The van der Waals surface area contributed by atoms with Crippen LogP contribution in [0.3, 0.4) is 0 Å². The number of aromatic nitrogens is 4. The Hall–Kier alpha value is -4.35. The van der Waals surface area contributed by atoms with Crippen LogP contribution in [0.15, 0.2) is 53.9 Å². The van der Waals surface area contributed by atoms with Gasteiger partial charge in [-0.1, -0.05) is 30.3 Å². The number of urea groups is 1. The van der Waals surface area contributed by atoms with Crippen molar-refractivity contribution < 1.29 is 14.0 Å². The number of carbonyl (C=O) groups excluding carboxylic acids is 2. The maximum Gasteiger partial charge on any atom is 0.341 e.